The molecule has 6 rings (SSSR count). The third-order valence-electron chi connectivity index (χ3n) is 12.1. The van der Waals surface area contributed by atoms with E-state index in [1.807, 2.05) is 50.1 Å². The number of aromatic hydroxyl groups is 2. The van der Waals surface area contributed by atoms with Gasteiger partial charge in [-0.1, -0.05) is 24.6 Å². The topological polar surface area (TPSA) is 220 Å². The number of hydrogen-bond donors (Lipinski definition) is 6. The van der Waals surface area contributed by atoms with Crippen LogP contribution in [0.5, 0.6) is 17.5 Å². The van der Waals surface area contributed by atoms with Gasteiger partial charge in [-0.05, 0) is 101 Å². The number of likely N-dealkylation sites (N-methyl/N-ethyl adjacent to an activating group) is 1. The van der Waals surface area contributed by atoms with Crippen LogP contribution in [0.1, 0.15) is 85.3 Å². The lowest BCUT2D eigenvalue weighted by molar-refractivity contribution is -0.870. The molecule has 3 aromatic heterocycles. The molecule has 1 unspecified atom stereocenters. The van der Waals surface area contributed by atoms with Gasteiger partial charge in [0.1, 0.15) is 23.2 Å². The number of carbonyl (C=O) groups is 3. The molecule has 384 valence electrons. The standard InChI is InChI=1S/C49H65BF2N8O10S/c1-34-30-38(57-42(34)32-43-37(12-10-28-60(4,5)6)31-44(58(43)50(57,51)52)40-22-15-35(2)54-40)19-16-36-17-20-39(21-18-36)69-29-11-13-45(61)55-41(33-71(66,67)68)49(65)53-25-27-56(3)26-9-7-8-14-48(64)70-59-46(62)23-24-47(59)63/h15-24,30-32,41,54H,7-14,25-29,33H2,1-6H3,(H4-,53,55,61,62,63,65,66,67,68)/p+1. The summed E-state index contributed by atoms with van der Waals surface area (Å²) < 4.78 is 76.6. The highest BCUT2D eigenvalue weighted by Crippen LogP contribution is 2.40. The molecule has 0 bridgehead atoms. The Morgan fingerprint density at radius 3 is 2.31 bits per heavy atom. The van der Waals surface area contributed by atoms with Crippen LogP contribution in [0.2, 0.25) is 0 Å². The Labute approximate surface area is 413 Å². The number of benzene rings is 1. The zero-order valence-electron chi connectivity index (χ0n) is 41.2. The van der Waals surface area contributed by atoms with E-state index in [0.717, 1.165) is 44.3 Å². The molecule has 0 radical (unpaired) electrons. The predicted octanol–water partition coefficient (Wildman–Crippen LogP) is 5.12. The number of nitrogens with one attached hydrogen (secondary N) is 3. The van der Waals surface area contributed by atoms with Crippen molar-refractivity contribution >= 4 is 58.8 Å². The smallest absolute Gasteiger partial charge is 0.494 e. The van der Waals surface area contributed by atoms with Crippen molar-refractivity contribution in [3.05, 3.63) is 106 Å². The lowest BCUT2D eigenvalue weighted by Gasteiger charge is -2.31. The zero-order chi connectivity index (χ0) is 51.7. The number of carbonyl (C=O) groups excluding carboxylic acids is 3. The van der Waals surface area contributed by atoms with Crippen molar-refractivity contribution < 1.29 is 64.7 Å². The van der Waals surface area contributed by atoms with Gasteiger partial charge in [-0.15, -0.1) is 4.73 Å². The summed E-state index contributed by atoms with van der Waals surface area (Å²) in [5.41, 5.74) is 5.70. The van der Waals surface area contributed by atoms with E-state index in [2.05, 4.69) is 36.8 Å². The molecule has 2 aliphatic rings. The molecule has 0 saturated heterocycles. The fourth-order valence-corrected chi connectivity index (χ4v) is 9.16. The molecule has 0 fully saturated rings. The van der Waals surface area contributed by atoms with Gasteiger partial charge in [-0.2, -0.15) is 8.42 Å². The van der Waals surface area contributed by atoms with Gasteiger partial charge in [0.25, 0.3) is 10.1 Å². The van der Waals surface area contributed by atoms with Gasteiger partial charge in [0.15, 0.2) is 11.4 Å². The number of ether oxygens (including phenoxy) is 1. The summed E-state index contributed by atoms with van der Waals surface area (Å²) in [6, 6.07) is 13.3. The molecule has 1 atom stereocenters. The molecular weight excluding hydrogens is 941 g/mol. The van der Waals surface area contributed by atoms with E-state index in [0.29, 0.717) is 77.7 Å². The first kappa shape index (κ1) is 53.9. The second-order valence-corrected chi connectivity index (χ2v) is 20.7. The van der Waals surface area contributed by atoms with Crippen molar-refractivity contribution in [1.29, 1.82) is 0 Å². The fourth-order valence-electron chi connectivity index (χ4n) is 8.51. The first-order valence-electron chi connectivity index (χ1n) is 23.7. The number of aromatic amines is 1. The first-order valence-corrected chi connectivity index (χ1v) is 25.3. The number of quaternary nitrogens is 1. The van der Waals surface area contributed by atoms with Crippen LogP contribution in [0.3, 0.4) is 0 Å². The number of unbranched alkanes of at least 4 members (excludes halogenated alkanes) is 2. The van der Waals surface area contributed by atoms with Crippen molar-refractivity contribution in [2.75, 3.05) is 66.7 Å². The Morgan fingerprint density at radius 2 is 1.65 bits per heavy atom. The average Bonchev–Trinajstić information content (AvgIpc) is 4.05. The Morgan fingerprint density at radius 1 is 0.930 bits per heavy atom. The molecule has 18 nitrogen and oxygen atoms in total. The van der Waals surface area contributed by atoms with E-state index in [1.54, 1.807) is 42.5 Å². The van der Waals surface area contributed by atoms with Gasteiger partial charge in [0, 0.05) is 79.3 Å². The maximum Gasteiger partial charge on any atom is 0.737 e. The van der Waals surface area contributed by atoms with Crippen molar-refractivity contribution in [2.45, 2.75) is 71.3 Å². The van der Waals surface area contributed by atoms with Gasteiger partial charge < -0.3 is 62.4 Å². The number of hydrogen-bond acceptors (Lipinski definition) is 10. The summed E-state index contributed by atoms with van der Waals surface area (Å²) in [6.45, 7) is 1.60. The Balaban J connectivity index is 0.955. The predicted molar refractivity (Wildman–Crippen MR) is 267 cm³/mol. The van der Waals surface area contributed by atoms with Crippen molar-refractivity contribution in [1.82, 2.24) is 29.7 Å². The molecule has 4 aromatic rings. The Bertz CT molecular complexity index is 2790. The SMILES string of the molecule is Cc1ccc(C2=[N+]3C(=Cc4c(C)cc(C=Cc5ccc(OCCCC(=O)NC(CS(=O)(=O)O)C(=O)NCCN(C)CCCCCC(=O)On6c(O)ccc6O)cc5)n4[B-]3(F)F)C(CCC[N+](C)(C)C)=C2)[nH]1. The van der Waals surface area contributed by atoms with E-state index in [-0.39, 0.29) is 32.4 Å². The molecule has 0 saturated carbocycles. The molecule has 6 N–H and O–H groups in total. The first-order chi connectivity index (χ1) is 33.5. The summed E-state index contributed by atoms with van der Waals surface area (Å²) in [7, 11) is 3.55. The average molecular weight is 1010 g/mol. The maximum absolute atomic E-state index is 17.1. The highest BCUT2D eigenvalue weighted by Gasteiger charge is 2.54. The maximum atomic E-state index is 17.1. The van der Waals surface area contributed by atoms with Crippen LogP contribution in [0.25, 0.3) is 18.2 Å². The van der Waals surface area contributed by atoms with E-state index < -0.39 is 58.4 Å². The van der Waals surface area contributed by atoms with E-state index in [4.69, 9.17) is 9.57 Å². The third kappa shape index (κ3) is 14.8. The van der Waals surface area contributed by atoms with Crippen LogP contribution in [0.4, 0.5) is 8.63 Å². The quantitative estimate of drug-likeness (QED) is 0.0210. The van der Waals surface area contributed by atoms with Crippen LogP contribution in [0.15, 0.2) is 71.9 Å². The van der Waals surface area contributed by atoms with Crippen LogP contribution in [-0.4, -0.2) is 154 Å². The summed E-state index contributed by atoms with van der Waals surface area (Å²) in [5, 5.41) is 24.2. The molecule has 22 heteroatoms. The number of fused-ring (bicyclic) bond motifs is 2. The Hall–Kier alpha value is -6.49. The monoisotopic (exact) mass is 1010 g/mol. The highest BCUT2D eigenvalue weighted by atomic mass is 32.2. The molecule has 0 spiro atoms. The summed E-state index contributed by atoms with van der Waals surface area (Å²) >= 11 is 0. The molecule has 2 amide bonds. The van der Waals surface area contributed by atoms with Gasteiger partial charge in [-0.25, -0.2) is 4.79 Å². The minimum absolute atomic E-state index is 0.0667. The number of allylic oxidation sites excluding steroid dienone is 2. The number of rotatable bonds is 26. The van der Waals surface area contributed by atoms with Gasteiger partial charge in [0.05, 0.1) is 34.3 Å². The number of amides is 2. The van der Waals surface area contributed by atoms with E-state index in [1.165, 1.54) is 16.6 Å². The molecule has 1 aromatic carbocycles. The van der Waals surface area contributed by atoms with Crippen LogP contribution in [-0.2, 0) is 24.5 Å². The minimum atomic E-state index is -4.63. The van der Waals surface area contributed by atoms with Gasteiger partial charge in [0.2, 0.25) is 23.6 Å². The minimum Gasteiger partial charge on any atom is -0.494 e. The van der Waals surface area contributed by atoms with Crippen molar-refractivity contribution in [3.8, 4) is 17.5 Å². The summed E-state index contributed by atoms with van der Waals surface area (Å²) in [5.74, 6) is -3.35. The molecule has 71 heavy (non-hydrogen) atoms. The third-order valence-corrected chi connectivity index (χ3v) is 12.9. The van der Waals surface area contributed by atoms with Gasteiger partial charge >= 0.3 is 12.9 Å². The molecule has 2 aliphatic heterocycles. The van der Waals surface area contributed by atoms with E-state index >= 15 is 8.63 Å². The number of H-pyrrole nitrogens is 1. The summed E-state index contributed by atoms with van der Waals surface area (Å²) in [6.07, 6.45) is 10.8. The Kier molecular flexibility index (Phi) is 17.6. The number of nitrogens with zero attached hydrogens (tertiary/aromatic N) is 5. The zero-order valence-corrected chi connectivity index (χ0v) is 42.0. The summed E-state index contributed by atoms with van der Waals surface area (Å²) in [4.78, 5) is 47.8. The number of aromatic nitrogens is 3. The largest absolute Gasteiger partial charge is 0.737 e. The molecular formula is C49H66BF2N8O10S+. The lowest BCUT2D eigenvalue weighted by Crippen LogP contribution is -2.51. The van der Waals surface area contributed by atoms with E-state index in [9.17, 15) is 37.6 Å². The van der Waals surface area contributed by atoms with Crippen LogP contribution < -0.4 is 20.2 Å². The second kappa shape index (κ2) is 23.2. The van der Waals surface area contributed by atoms with Gasteiger partial charge in [-0.3, -0.25) is 14.1 Å². The number of halogens is 2. The van der Waals surface area contributed by atoms with Crippen molar-refractivity contribution in [2.24, 2.45) is 0 Å². The lowest BCUT2D eigenvalue weighted by atomic mass is 9.88. The van der Waals surface area contributed by atoms with Crippen LogP contribution >= 0.6 is 0 Å². The van der Waals surface area contributed by atoms with Crippen molar-refractivity contribution in [3.63, 3.8) is 0 Å². The number of aryl methyl sites for hydroxylation is 2. The molecule has 0 aliphatic carbocycles. The highest BCUT2D eigenvalue weighted by molar-refractivity contribution is 7.85. The van der Waals surface area contributed by atoms with Crippen LogP contribution in [0, 0.1) is 13.8 Å². The second-order valence-electron chi connectivity index (χ2n) is 19.2. The molecule has 5 heterocycles. The normalized spacial score (nSPS) is 14.8. The fraction of sp³-hybridized carbons (Fsp3) is 0.429.